The summed E-state index contributed by atoms with van der Waals surface area (Å²) in [6.45, 7) is 6.29. The summed E-state index contributed by atoms with van der Waals surface area (Å²) in [5.41, 5.74) is 5.11. The summed E-state index contributed by atoms with van der Waals surface area (Å²) in [4.78, 5) is 39.1. The second kappa shape index (κ2) is 14.1. The van der Waals surface area contributed by atoms with Crippen molar-refractivity contribution in [3.63, 3.8) is 0 Å². The van der Waals surface area contributed by atoms with Gasteiger partial charge in [0.2, 0.25) is 10.0 Å². The number of aryl methyl sites for hydroxylation is 1. The first-order valence-electron chi connectivity index (χ1n) is 15.9. The number of amides is 1. The number of carbonyl (C=O) groups is 1. The molecule has 1 amide bonds. The molecule has 2 aliphatic heterocycles. The molecule has 1 aliphatic carbocycles. The fourth-order valence-corrected chi connectivity index (χ4v) is 8.47. The largest absolute Gasteiger partial charge is 0.491 e. The molecule has 4 heterocycles. The third kappa shape index (κ3) is 7.22. The normalized spacial score (nSPS) is 19.3. The third-order valence-corrected chi connectivity index (χ3v) is 10.9. The molecule has 0 unspecified atom stereocenters. The summed E-state index contributed by atoms with van der Waals surface area (Å²) in [5, 5.41) is 2.09. The predicted molar refractivity (Wildman–Crippen MR) is 188 cm³/mol. The number of carbonyl (C=O) groups excluding carboxylic acids is 2. The maximum atomic E-state index is 12.8. The Morgan fingerprint density at radius 3 is 2.65 bits per heavy atom. The lowest BCUT2D eigenvalue weighted by Crippen LogP contribution is -2.45. The van der Waals surface area contributed by atoms with E-state index in [0.29, 0.717) is 56.6 Å². The number of pyridine rings is 1. The molecule has 1 N–H and O–H groups in total. The Hall–Kier alpha value is -3.58. The summed E-state index contributed by atoms with van der Waals surface area (Å²) < 4.78 is 38.1. The maximum absolute atomic E-state index is 12.8. The van der Waals surface area contributed by atoms with Crippen LogP contribution >= 0.6 is 22.9 Å². The Morgan fingerprint density at radius 1 is 1.17 bits per heavy atom. The molecule has 3 aromatic rings. The zero-order valence-corrected chi connectivity index (χ0v) is 29.7. The number of hydrogen-bond acceptors (Lipinski definition) is 11. The third-order valence-electron chi connectivity index (χ3n) is 9.15. The predicted octanol–water partition coefficient (Wildman–Crippen LogP) is 5.36. The number of sulfonamides is 1. The van der Waals surface area contributed by atoms with Gasteiger partial charge >= 0.3 is 0 Å². The van der Waals surface area contributed by atoms with Crippen molar-refractivity contribution in [3.8, 4) is 16.9 Å². The van der Waals surface area contributed by atoms with Crippen LogP contribution < -0.4 is 9.46 Å². The van der Waals surface area contributed by atoms with Crippen LogP contribution in [0.5, 0.6) is 5.75 Å². The van der Waals surface area contributed by atoms with E-state index < -0.39 is 15.9 Å². The first-order chi connectivity index (χ1) is 23.0. The van der Waals surface area contributed by atoms with E-state index in [4.69, 9.17) is 26.1 Å². The van der Waals surface area contributed by atoms with Crippen molar-refractivity contribution in [2.75, 3.05) is 39.6 Å². The van der Waals surface area contributed by atoms with Crippen LogP contribution in [0.4, 0.5) is 0 Å². The molecule has 0 spiro atoms. The number of allylic oxidation sites excluding steroid dienone is 2. The number of fused-ring (bicyclic) bond motifs is 1. The number of thiophene rings is 1. The Kier molecular flexibility index (Phi) is 10.1. The number of piperidine rings is 1. The Balaban J connectivity index is 1.21. The van der Waals surface area contributed by atoms with Crippen molar-refractivity contribution < 1.29 is 27.5 Å². The summed E-state index contributed by atoms with van der Waals surface area (Å²) >= 11 is 7.75. The van der Waals surface area contributed by atoms with Gasteiger partial charge in [-0.3, -0.25) is 14.7 Å². The van der Waals surface area contributed by atoms with Gasteiger partial charge in [-0.1, -0.05) is 11.6 Å². The van der Waals surface area contributed by atoms with Gasteiger partial charge in [0, 0.05) is 64.7 Å². The van der Waals surface area contributed by atoms with Crippen molar-refractivity contribution in [2.24, 2.45) is 4.99 Å². The average Bonchev–Trinajstić information content (AvgIpc) is 3.48. The van der Waals surface area contributed by atoms with E-state index >= 15 is 0 Å². The van der Waals surface area contributed by atoms with E-state index in [2.05, 4.69) is 15.8 Å². The molecule has 0 bridgehead atoms. The highest BCUT2D eigenvalue weighted by atomic mass is 35.5. The van der Waals surface area contributed by atoms with Crippen LogP contribution in [-0.2, 0) is 19.6 Å². The molecule has 1 fully saturated rings. The zero-order chi connectivity index (χ0) is 34.2. The molecule has 3 aliphatic rings. The zero-order valence-electron chi connectivity index (χ0n) is 27.3. The Labute approximate surface area is 289 Å². The lowest BCUT2D eigenvalue weighted by molar-refractivity contribution is 0.0249. The van der Waals surface area contributed by atoms with Crippen LogP contribution in [0.25, 0.3) is 21.3 Å². The van der Waals surface area contributed by atoms with Gasteiger partial charge in [0.1, 0.15) is 23.9 Å². The average molecular weight is 712 g/mol. The SMILES string of the molecule is COC1CCN([C@H]2CCC3=C(C2)C(=C=O)N(CCOc2ccc(Cl)cc2-c2cc(C)nc4c(C(=O)NS(C)(=O)=O)csc24)C(C)=N3)CC1. The van der Waals surface area contributed by atoms with Crippen molar-refractivity contribution in [3.05, 3.63) is 62.9 Å². The molecular formula is C34H38ClN5O6S2. The molecule has 6 rings (SSSR count). The van der Waals surface area contributed by atoms with E-state index in [1.54, 1.807) is 37.6 Å². The first-order valence-corrected chi connectivity index (χ1v) is 19.0. The van der Waals surface area contributed by atoms with E-state index in [9.17, 15) is 18.0 Å². The maximum Gasteiger partial charge on any atom is 0.267 e. The smallest absolute Gasteiger partial charge is 0.267 e. The van der Waals surface area contributed by atoms with Gasteiger partial charge in [0.05, 0.1) is 34.7 Å². The second-order valence-electron chi connectivity index (χ2n) is 12.4. The molecule has 14 heteroatoms. The van der Waals surface area contributed by atoms with Gasteiger partial charge in [0.25, 0.3) is 5.91 Å². The topological polar surface area (TPSA) is 130 Å². The number of amidine groups is 1. The molecule has 1 atom stereocenters. The van der Waals surface area contributed by atoms with Crippen LogP contribution in [0.15, 0.2) is 51.6 Å². The highest BCUT2D eigenvalue weighted by Gasteiger charge is 2.35. The van der Waals surface area contributed by atoms with E-state index in [0.717, 1.165) is 74.1 Å². The minimum Gasteiger partial charge on any atom is -0.491 e. The van der Waals surface area contributed by atoms with Gasteiger partial charge in [-0.25, -0.2) is 22.9 Å². The van der Waals surface area contributed by atoms with Gasteiger partial charge < -0.3 is 14.4 Å². The van der Waals surface area contributed by atoms with Gasteiger partial charge in [0.15, 0.2) is 5.94 Å². The fourth-order valence-electron chi connectivity index (χ4n) is 6.83. The monoisotopic (exact) mass is 711 g/mol. The minimum absolute atomic E-state index is 0.168. The number of ether oxygens (including phenoxy) is 2. The lowest BCUT2D eigenvalue weighted by atomic mass is 9.87. The summed E-state index contributed by atoms with van der Waals surface area (Å²) in [5.74, 6) is 2.78. The van der Waals surface area contributed by atoms with Crippen molar-refractivity contribution >= 4 is 60.9 Å². The second-order valence-corrected chi connectivity index (χ2v) is 15.4. The van der Waals surface area contributed by atoms with Crippen LogP contribution in [-0.4, -0.2) is 92.6 Å². The molecule has 48 heavy (non-hydrogen) atoms. The quantitative estimate of drug-likeness (QED) is 0.292. The molecular weight excluding hydrogens is 674 g/mol. The number of nitrogens with zero attached hydrogens (tertiary/aromatic N) is 4. The molecule has 2 aromatic heterocycles. The van der Waals surface area contributed by atoms with Gasteiger partial charge in [-0.2, -0.15) is 0 Å². The van der Waals surface area contributed by atoms with E-state index in [-0.39, 0.29) is 12.2 Å². The Morgan fingerprint density at radius 2 is 1.94 bits per heavy atom. The number of nitrogens with one attached hydrogen (secondary N) is 1. The molecule has 11 nitrogen and oxygen atoms in total. The van der Waals surface area contributed by atoms with Crippen LogP contribution in [0.1, 0.15) is 55.1 Å². The molecule has 0 saturated carbocycles. The van der Waals surface area contributed by atoms with E-state index in [1.807, 2.05) is 22.6 Å². The molecule has 254 valence electrons. The number of aliphatic imine (C=N–C) groups is 1. The Bertz CT molecular complexity index is 1980. The number of halogens is 1. The number of rotatable bonds is 9. The lowest BCUT2D eigenvalue weighted by Gasteiger charge is -2.41. The number of methoxy groups -OCH3 is 1. The standard InChI is InChI=1S/C34H38ClN5O6S2/c1-20-15-26(33-32(36-20)28(19-47-33)34(42)38-48(4,43)44)25-16-22(35)5-8-31(25)46-14-13-40-21(2)37-29-7-6-23(17-27(29)30(40)18-41)39-11-9-24(45-3)10-12-39/h5,8,15-16,19,23-24H,6-7,9-14,17H2,1-4H3,(H,38,42)/t23-/m0/s1. The highest BCUT2D eigenvalue weighted by molar-refractivity contribution is 7.89. The van der Waals surface area contributed by atoms with Crippen molar-refractivity contribution in [1.29, 1.82) is 0 Å². The fraction of sp³-hybridized carbons (Fsp3) is 0.441. The first kappa shape index (κ1) is 34.3. The van der Waals surface area contributed by atoms with E-state index in [1.165, 1.54) is 11.3 Å². The molecule has 1 saturated heterocycles. The summed E-state index contributed by atoms with van der Waals surface area (Å²) in [6.07, 6.45) is 5.87. The molecule has 0 radical (unpaired) electrons. The van der Waals surface area contributed by atoms with Crippen LogP contribution in [0.3, 0.4) is 0 Å². The van der Waals surface area contributed by atoms with Crippen molar-refractivity contribution in [2.45, 2.75) is 58.1 Å². The number of aromatic nitrogens is 1. The van der Waals surface area contributed by atoms with Gasteiger partial charge in [-0.05, 0) is 70.2 Å². The van der Waals surface area contributed by atoms with Crippen LogP contribution in [0, 0.1) is 6.92 Å². The number of hydrogen-bond donors (Lipinski definition) is 1. The number of benzene rings is 1. The summed E-state index contributed by atoms with van der Waals surface area (Å²) in [7, 11) is -1.98. The highest BCUT2D eigenvalue weighted by Crippen LogP contribution is 2.41. The number of likely N-dealkylation sites (tertiary alicyclic amines) is 1. The minimum atomic E-state index is -3.76. The summed E-state index contributed by atoms with van der Waals surface area (Å²) in [6, 6.07) is 7.56. The van der Waals surface area contributed by atoms with Crippen LogP contribution in [0.2, 0.25) is 5.02 Å². The van der Waals surface area contributed by atoms with Gasteiger partial charge in [-0.15, -0.1) is 11.3 Å². The molecule has 1 aromatic carbocycles. The van der Waals surface area contributed by atoms with Crippen molar-refractivity contribution in [1.82, 2.24) is 19.5 Å².